The van der Waals surface area contributed by atoms with E-state index in [4.69, 9.17) is 0 Å². The van der Waals surface area contributed by atoms with Crippen LogP contribution in [-0.4, -0.2) is 19.8 Å². The van der Waals surface area contributed by atoms with Crippen molar-refractivity contribution < 1.29 is 13.5 Å². The van der Waals surface area contributed by atoms with E-state index in [0.29, 0.717) is 4.90 Å². The van der Waals surface area contributed by atoms with E-state index in [9.17, 15) is 13.5 Å². The van der Waals surface area contributed by atoms with Crippen LogP contribution in [-0.2, 0) is 9.84 Å². The second kappa shape index (κ2) is 6.52. The number of halogens is 1. The average Bonchev–Trinajstić information content (AvgIpc) is 2.40. The summed E-state index contributed by atoms with van der Waals surface area (Å²) in [6.45, 7) is 1.72. The molecule has 0 aliphatic rings. The molecule has 0 spiro atoms. The van der Waals surface area contributed by atoms with E-state index in [0.717, 1.165) is 19.8 Å². The Morgan fingerprint density at radius 1 is 1.14 bits per heavy atom. The van der Waals surface area contributed by atoms with Crippen molar-refractivity contribution >= 4 is 37.5 Å². The molecule has 21 heavy (non-hydrogen) atoms. The van der Waals surface area contributed by atoms with Gasteiger partial charge in [0.25, 0.3) is 0 Å². The smallest absolute Gasteiger partial charge is 0.175 e. The van der Waals surface area contributed by atoms with Gasteiger partial charge in [-0.3, -0.25) is 0 Å². The summed E-state index contributed by atoms with van der Waals surface area (Å²) in [4.78, 5) is 2.27. The molecule has 0 aromatic heterocycles. The molecule has 6 heteroatoms. The summed E-state index contributed by atoms with van der Waals surface area (Å²) in [5.41, 5.74) is 0.846. The molecule has 0 unspecified atom stereocenters. The van der Waals surface area contributed by atoms with Crippen molar-refractivity contribution in [2.75, 3.05) is 6.26 Å². The normalized spacial score (nSPS) is 13.1. The van der Waals surface area contributed by atoms with Gasteiger partial charge in [0.1, 0.15) is 0 Å². The molecule has 0 aliphatic carbocycles. The number of benzene rings is 2. The molecule has 0 aliphatic heterocycles. The molecule has 1 atom stereocenters. The Morgan fingerprint density at radius 2 is 1.76 bits per heavy atom. The topological polar surface area (TPSA) is 54.4 Å². The van der Waals surface area contributed by atoms with Crippen molar-refractivity contribution in [3.8, 4) is 0 Å². The van der Waals surface area contributed by atoms with Crippen molar-refractivity contribution in [3.05, 3.63) is 52.5 Å². The van der Waals surface area contributed by atoms with Crippen LogP contribution in [0.5, 0.6) is 0 Å². The predicted molar refractivity (Wildman–Crippen MR) is 88.5 cm³/mol. The first-order valence-electron chi connectivity index (χ1n) is 6.23. The monoisotopic (exact) mass is 386 g/mol. The molecular weight excluding hydrogens is 372 g/mol. The van der Waals surface area contributed by atoms with Crippen molar-refractivity contribution in [2.24, 2.45) is 0 Å². The molecule has 1 N–H and O–H groups in total. The minimum Gasteiger partial charge on any atom is -0.389 e. The highest BCUT2D eigenvalue weighted by Crippen LogP contribution is 2.35. The van der Waals surface area contributed by atoms with E-state index in [1.165, 1.54) is 18.0 Å². The molecule has 0 radical (unpaired) electrons. The van der Waals surface area contributed by atoms with Crippen LogP contribution in [0.4, 0.5) is 0 Å². The Hall–Kier alpha value is -0.820. The summed E-state index contributed by atoms with van der Waals surface area (Å²) in [5, 5.41) is 9.55. The highest BCUT2D eigenvalue weighted by Gasteiger charge is 2.09. The lowest BCUT2D eigenvalue weighted by atomic mass is 10.1. The highest BCUT2D eigenvalue weighted by molar-refractivity contribution is 9.10. The first-order valence-corrected chi connectivity index (χ1v) is 9.73. The Labute approximate surface area is 137 Å². The summed E-state index contributed by atoms with van der Waals surface area (Å²) in [5.74, 6) is 0. The maximum absolute atomic E-state index is 11.4. The summed E-state index contributed by atoms with van der Waals surface area (Å²) in [6.07, 6.45) is 0.690. The Kier molecular flexibility index (Phi) is 5.14. The fourth-order valence-corrected chi connectivity index (χ4v) is 3.83. The lowest BCUT2D eigenvalue weighted by Gasteiger charge is -2.09. The lowest BCUT2D eigenvalue weighted by molar-refractivity contribution is 0.199. The van der Waals surface area contributed by atoms with Gasteiger partial charge in [0.05, 0.1) is 11.0 Å². The summed E-state index contributed by atoms with van der Waals surface area (Å²) < 4.78 is 23.7. The summed E-state index contributed by atoms with van der Waals surface area (Å²) in [7, 11) is -3.16. The predicted octanol–water partition coefficient (Wildman–Crippen LogP) is 4.06. The van der Waals surface area contributed by atoms with E-state index in [1.54, 1.807) is 31.2 Å². The van der Waals surface area contributed by atoms with Crippen LogP contribution in [0.3, 0.4) is 0 Å². The van der Waals surface area contributed by atoms with Gasteiger partial charge >= 0.3 is 0 Å². The van der Waals surface area contributed by atoms with Gasteiger partial charge in [0.15, 0.2) is 9.84 Å². The van der Waals surface area contributed by atoms with E-state index in [-0.39, 0.29) is 0 Å². The standard InChI is InChI=1S/C15H15BrO3S2/c1-10(17)11-3-8-15(14(16)9-11)20-12-4-6-13(7-5-12)21(2,18)19/h3-10,17H,1-2H3/t10-/m0/s1. The molecule has 0 saturated carbocycles. The third kappa shape index (κ3) is 4.32. The molecule has 0 fully saturated rings. The van der Waals surface area contributed by atoms with Gasteiger partial charge in [-0.25, -0.2) is 8.42 Å². The number of sulfone groups is 1. The van der Waals surface area contributed by atoms with Crippen LogP contribution in [0.1, 0.15) is 18.6 Å². The van der Waals surface area contributed by atoms with Crippen molar-refractivity contribution in [3.63, 3.8) is 0 Å². The highest BCUT2D eigenvalue weighted by atomic mass is 79.9. The van der Waals surface area contributed by atoms with Crippen LogP contribution in [0.15, 0.2) is 61.6 Å². The van der Waals surface area contributed by atoms with E-state index in [2.05, 4.69) is 15.9 Å². The molecule has 0 saturated heterocycles. The quantitative estimate of drug-likeness (QED) is 0.860. The maximum Gasteiger partial charge on any atom is 0.175 e. The second-order valence-electron chi connectivity index (χ2n) is 4.71. The van der Waals surface area contributed by atoms with E-state index < -0.39 is 15.9 Å². The average molecular weight is 387 g/mol. The SMILES string of the molecule is C[C@H](O)c1ccc(Sc2ccc(S(C)(=O)=O)cc2)c(Br)c1. The van der Waals surface area contributed by atoms with Gasteiger partial charge in [-0.2, -0.15) is 0 Å². The Balaban J connectivity index is 2.22. The molecule has 3 nitrogen and oxygen atoms in total. The fourth-order valence-electron chi connectivity index (χ4n) is 1.74. The van der Waals surface area contributed by atoms with Gasteiger partial charge in [0, 0.05) is 20.5 Å². The Morgan fingerprint density at radius 3 is 2.24 bits per heavy atom. The zero-order valence-electron chi connectivity index (χ0n) is 11.6. The lowest BCUT2D eigenvalue weighted by Crippen LogP contribution is -1.96. The molecule has 2 aromatic rings. The van der Waals surface area contributed by atoms with Crippen molar-refractivity contribution in [2.45, 2.75) is 27.7 Å². The largest absolute Gasteiger partial charge is 0.389 e. The summed E-state index contributed by atoms with van der Waals surface area (Å²) >= 11 is 5.02. The van der Waals surface area contributed by atoms with Crippen LogP contribution in [0, 0.1) is 0 Å². The minimum atomic E-state index is -3.16. The number of rotatable bonds is 4. The van der Waals surface area contributed by atoms with Gasteiger partial charge in [0.2, 0.25) is 0 Å². The number of aliphatic hydroxyl groups excluding tert-OH is 1. The van der Waals surface area contributed by atoms with Gasteiger partial charge in [-0.1, -0.05) is 17.8 Å². The zero-order valence-corrected chi connectivity index (χ0v) is 14.8. The molecule has 2 rings (SSSR count). The van der Waals surface area contributed by atoms with E-state index >= 15 is 0 Å². The number of hydrogen-bond donors (Lipinski definition) is 1. The maximum atomic E-state index is 11.4. The van der Waals surface area contributed by atoms with Crippen LogP contribution >= 0.6 is 27.7 Å². The van der Waals surface area contributed by atoms with Gasteiger partial charge in [-0.05, 0) is 64.8 Å². The van der Waals surface area contributed by atoms with Gasteiger partial charge < -0.3 is 5.11 Å². The fraction of sp³-hybridized carbons (Fsp3) is 0.200. The van der Waals surface area contributed by atoms with Crippen LogP contribution < -0.4 is 0 Å². The summed E-state index contributed by atoms with van der Waals surface area (Å²) in [6, 6.07) is 12.5. The second-order valence-corrected chi connectivity index (χ2v) is 8.70. The molecular formula is C15H15BrO3S2. The molecule has 2 aromatic carbocycles. The number of hydrogen-bond acceptors (Lipinski definition) is 4. The third-order valence-corrected chi connectivity index (χ3v) is 6.05. The molecule has 0 heterocycles. The third-order valence-electron chi connectivity index (χ3n) is 2.92. The van der Waals surface area contributed by atoms with Crippen LogP contribution in [0.2, 0.25) is 0 Å². The van der Waals surface area contributed by atoms with Crippen molar-refractivity contribution in [1.82, 2.24) is 0 Å². The van der Waals surface area contributed by atoms with Crippen LogP contribution in [0.25, 0.3) is 0 Å². The van der Waals surface area contributed by atoms with E-state index in [1.807, 2.05) is 18.2 Å². The van der Waals surface area contributed by atoms with Gasteiger partial charge in [-0.15, -0.1) is 0 Å². The van der Waals surface area contributed by atoms with Crippen molar-refractivity contribution in [1.29, 1.82) is 0 Å². The number of aliphatic hydroxyl groups is 1. The zero-order chi connectivity index (χ0) is 15.6. The molecule has 0 bridgehead atoms. The molecule has 112 valence electrons. The minimum absolute atomic E-state index is 0.315. The first-order chi connectivity index (χ1) is 9.77. The Bertz CT molecular complexity index is 738. The first kappa shape index (κ1) is 16.5. The molecule has 0 amide bonds.